The van der Waals surface area contributed by atoms with Crippen LogP contribution in [0.25, 0.3) is 0 Å². The van der Waals surface area contributed by atoms with Gasteiger partial charge in [0.2, 0.25) is 5.91 Å². The first-order chi connectivity index (χ1) is 6.86. The van der Waals surface area contributed by atoms with Crippen LogP contribution in [-0.2, 0) is 11.3 Å². The SMILES string of the molecule is O=C(NCc1nn[nH]n1)C1CCNC1. The van der Waals surface area contributed by atoms with Crippen molar-refractivity contribution >= 4 is 5.91 Å². The van der Waals surface area contributed by atoms with Crippen LogP contribution >= 0.6 is 0 Å². The smallest absolute Gasteiger partial charge is 0.224 e. The van der Waals surface area contributed by atoms with Gasteiger partial charge in [-0.2, -0.15) is 5.21 Å². The fourth-order valence-electron chi connectivity index (χ4n) is 1.45. The fourth-order valence-corrected chi connectivity index (χ4v) is 1.45. The largest absolute Gasteiger partial charge is 0.348 e. The van der Waals surface area contributed by atoms with E-state index >= 15 is 0 Å². The topological polar surface area (TPSA) is 95.6 Å². The molecule has 2 heterocycles. The van der Waals surface area contributed by atoms with Gasteiger partial charge in [0.05, 0.1) is 12.5 Å². The van der Waals surface area contributed by atoms with Gasteiger partial charge in [-0.25, -0.2) is 0 Å². The highest BCUT2D eigenvalue weighted by Crippen LogP contribution is 2.06. The molecule has 0 bridgehead atoms. The molecule has 1 aromatic rings. The Morgan fingerprint density at radius 2 is 2.57 bits per heavy atom. The van der Waals surface area contributed by atoms with Crippen molar-refractivity contribution in [2.24, 2.45) is 5.92 Å². The average Bonchev–Trinajstić information content (AvgIpc) is 2.87. The summed E-state index contributed by atoms with van der Waals surface area (Å²) < 4.78 is 0. The molecule has 1 aromatic heterocycles. The van der Waals surface area contributed by atoms with E-state index in [2.05, 4.69) is 31.3 Å². The quantitative estimate of drug-likeness (QED) is 0.542. The van der Waals surface area contributed by atoms with Crippen molar-refractivity contribution in [1.29, 1.82) is 0 Å². The number of amides is 1. The molecule has 1 aliphatic heterocycles. The van der Waals surface area contributed by atoms with E-state index in [1.807, 2.05) is 0 Å². The molecule has 0 aliphatic carbocycles. The van der Waals surface area contributed by atoms with Gasteiger partial charge in [-0.3, -0.25) is 4.79 Å². The van der Waals surface area contributed by atoms with Gasteiger partial charge in [0.1, 0.15) is 0 Å². The maximum Gasteiger partial charge on any atom is 0.224 e. The molecule has 0 spiro atoms. The second-order valence-electron chi connectivity index (χ2n) is 3.24. The number of hydrogen-bond donors (Lipinski definition) is 3. The first-order valence-electron chi connectivity index (χ1n) is 4.57. The number of rotatable bonds is 3. The highest BCUT2D eigenvalue weighted by Gasteiger charge is 2.21. The maximum atomic E-state index is 11.5. The molecule has 1 fully saturated rings. The molecule has 1 saturated heterocycles. The van der Waals surface area contributed by atoms with Crippen molar-refractivity contribution in [3.63, 3.8) is 0 Å². The molecule has 0 aromatic carbocycles. The molecule has 7 heteroatoms. The summed E-state index contributed by atoms with van der Waals surface area (Å²) in [6.45, 7) is 2.02. The van der Waals surface area contributed by atoms with E-state index in [1.54, 1.807) is 0 Å². The molecule has 2 rings (SSSR count). The van der Waals surface area contributed by atoms with E-state index in [-0.39, 0.29) is 11.8 Å². The summed E-state index contributed by atoms with van der Waals surface area (Å²) in [4.78, 5) is 11.5. The van der Waals surface area contributed by atoms with Gasteiger partial charge in [0, 0.05) is 6.54 Å². The summed E-state index contributed by atoms with van der Waals surface area (Å²) in [7, 11) is 0. The molecule has 1 atom stereocenters. The van der Waals surface area contributed by atoms with Crippen molar-refractivity contribution in [2.45, 2.75) is 13.0 Å². The lowest BCUT2D eigenvalue weighted by Gasteiger charge is -2.07. The lowest BCUT2D eigenvalue weighted by molar-refractivity contribution is -0.124. The lowest BCUT2D eigenvalue weighted by atomic mass is 10.1. The second kappa shape index (κ2) is 4.14. The first kappa shape index (κ1) is 9.07. The van der Waals surface area contributed by atoms with E-state index in [4.69, 9.17) is 0 Å². The molecule has 1 amide bonds. The number of H-pyrrole nitrogens is 1. The molecule has 76 valence electrons. The van der Waals surface area contributed by atoms with E-state index < -0.39 is 0 Å². The fraction of sp³-hybridized carbons (Fsp3) is 0.714. The monoisotopic (exact) mass is 196 g/mol. The third-order valence-electron chi connectivity index (χ3n) is 2.24. The van der Waals surface area contributed by atoms with Crippen LogP contribution in [-0.4, -0.2) is 39.6 Å². The molecule has 0 saturated carbocycles. The van der Waals surface area contributed by atoms with Crippen molar-refractivity contribution in [1.82, 2.24) is 31.3 Å². The summed E-state index contributed by atoms with van der Waals surface area (Å²) in [6, 6.07) is 0. The number of nitrogens with one attached hydrogen (secondary N) is 3. The molecular formula is C7H12N6O. The Kier molecular flexibility index (Phi) is 2.68. The molecular weight excluding hydrogens is 184 g/mol. The van der Waals surface area contributed by atoms with Crippen LogP contribution in [0.2, 0.25) is 0 Å². The zero-order valence-electron chi connectivity index (χ0n) is 7.66. The van der Waals surface area contributed by atoms with Crippen molar-refractivity contribution in [3.8, 4) is 0 Å². The number of carbonyl (C=O) groups is 1. The van der Waals surface area contributed by atoms with Crippen molar-refractivity contribution in [3.05, 3.63) is 5.82 Å². The maximum absolute atomic E-state index is 11.5. The molecule has 14 heavy (non-hydrogen) atoms. The van der Waals surface area contributed by atoms with Crippen LogP contribution in [0.4, 0.5) is 0 Å². The summed E-state index contributed by atoms with van der Waals surface area (Å²) in [5.41, 5.74) is 0. The zero-order chi connectivity index (χ0) is 9.80. The van der Waals surface area contributed by atoms with Crippen LogP contribution in [0.3, 0.4) is 0 Å². The Morgan fingerprint density at radius 3 is 3.21 bits per heavy atom. The van der Waals surface area contributed by atoms with E-state index in [1.165, 1.54) is 0 Å². The predicted octanol–water partition coefficient (Wildman–Crippen LogP) is -1.57. The molecule has 7 nitrogen and oxygen atoms in total. The van der Waals surface area contributed by atoms with Crippen LogP contribution in [0.1, 0.15) is 12.2 Å². The van der Waals surface area contributed by atoms with Crippen LogP contribution in [0, 0.1) is 5.92 Å². The van der Waals surface area contributed by atoms with Gasteiger partial charge in [0.25, 0.3) is 0 Å². The molecule has 0 radical (unpaired) electrons. The highest BCUT2D eigenvalue weighted by molar-refractivity contribution is 5.79. The minimum atomic E-state index is 0.0554. The summed E-state index contributed by atoms with van der Waals surface area (Å²) in [5, 5.41) is 19.1. The lowest BCUT2D eigenvalue weighted by Crippen LogP contribution is -2.31. The number of hydrogen-bond acceptors (Lipinski definition) is 5. The Bertz CT molecular complexity index is 291. The first-order valence-corrected chi connectivity index (χ1v) is 4.57. The number of nitrogens with zero attached hydrogens (tertiary/aromatic N) is 3. The van der Waals surface area contributed by atoms with E-state index in [9.17, 15) is 4.79 Å². The van der Waals surface area contributed by atoms with Crippen LogP contribution in [0.5, 0.6) is 0 Å². The average molecular weight is 196 g/mol. The van der Waals surface area contributed by atoms with E-state index in [0.717, 1.165) is 19.5 Å². The Labute approximate surface area is 80.6 Å². The van der Waals surface area contributed by atoms with Gasteiger partial charge < -0.3 is 10.6 Å². The third-order valence-corrected chi connectivity index (χ3v) is 2.24. The Balaban J connectivity index is 1.77. The van der Waals surface area contributed by atoms with Gasteiger partial charge in [-0.15, -0.1) is 10.2 Å². The highest BCUT2D eigenvalue weighted by atomic mass is 16.1. The third kappa shape index (κ3) is 2.05. The van der Waals surface area contributed by atoms with Gasteiger partial charge >= 0.3 is 0 Å². The summed E-state index contributed by atoms with van der Waals surface area (Å²) >= 11 is 0. The van der Waals surface area contributed by atoms with Crippen LogP contribution < -0.4 is 10.6 Å². The Hall–Kier alpha value is -1.50. The number of tetrazole rings is 1. The minimum Gasteiger partial charge on any atom is -0.348 e. The minimum absolute atomic E-state index is 0.0554. The molecule has 1 unspecified atom stereocenters. The Morgan fingerprint density at radius 1 is 1.64 bits per heavy atom. The molecule has 3 N–H and O–H groups in total. The summed E-state index contributed by atoms with van der Waals surface area (Å²) in [5.74, 6) is 0.644. The number of aromatic amines is 1. The van der Waals surface area contributed by atoms with Crippen LogP contribution in [0.15, 0.2) is 0 Å². The van der Waals surface area contributed by atoms with E-state index in [0.29, 0.717) is 12.4 Å². The number of carbonyl (C=O) groups excluding carboxylic acids is 1. The summed E-state index contributed by atoms with van der Waals surface area (Å²) in [6.07, 6.45) is 0.901. The van der Waals surface area contributed by atoms with Gasteiger partial charge in [0.15, 0.2) is 5.82 Å². The van der Waals surface area contributed by atoms with Crippen molar-refractivity contribution < 1.29 is 4.79 Å². The van der Waals surface area contributed by atoms with Gasteiger partial charge in [-0.05, 0) is 13.0 Å². The second-order valence-corrected chi connectivity index (χ2v) is 3.24. The van der Waals surface area contributed by atoms with Gasteiger partial charge in [-0.1, -0.05) is 5.21 Å². The normalized spacial score (nSPS) is 21.0. The molecule has 1 aliphatic rings. The predicted molar refractivity (Wildman–Crippen MR) is 47.0 cm³/mol. The zero-order valence-corrected chi connectivity index (χ0v) is 7.66. The number of aromatic nitrogens is 4. The van der Waals surface area contributed by atoms with Crippen molar-refractivity contribution in [2.75, 3.05) is 13.1 Å². The standard InChI is InChI=1S/C7H12N6O/c14-7(5-1-2-8-3-5)9-4-6-10-12-13-11-6/h5,8H,1-4H2,(H,9,14)(H,10,11,12,13).